The summed E-state index contributed by atoms with van der Waals surface area (Å²) in [5.41, 5.74) is 4.35. The van der Waals surface area contributed by atoms with Crippen LogP contribution >= 0.6 is 11.8 Å². The van der Waals surface area contributed by atoms with Crippen LogP contribution in [-0.2, 0) is 0 Å². The molecule has 0 aromatic heterocycles. The Kier molecular flexibility index (Phi) is 4.68. The zero-order chi connectivity index (χ0) is 4.83. The van der Waals surface area contributed by atoms with Crippen molar-refractivity contribution in [3.05, 3.63) is 0 Å². The summed E-state index contributed by atoms with van der Waals surface area (Å²) in [6.45, 7) is 0. The van der Waals surface area contributed by atoms with Gasteiger partial charge in [0, 0.05) is 7.05 Å². The van der Waals surface area contributed by atoms with E-state index in [4.69, 9.17) is 0 Å². The highest BCUT2D eigenvalue weighted by Gasteiger charge is 1.57. The molecule has 0 fully saturated rings. The summed E-state index contributed by atoms with van der Waals surface area (Å²) >= 11 is 1.57. The maximum absolute atomic E-state index is 3.68. The molecule has 0 aliphatic carbocycles. The molecule has 2 nitrogen and oxygen atoms in total. The Balaban J connectivity index is 2.73. The first-order valence-corrected chi connectivity index (χ1v) is 2.91. The lowest BCUT2D eigenvalue weighted by Crippen LogP contribution is -1.91. The smallest absolute Gasteiger partial charge is 0.0794 e. The molecule has 0 atom stereocenters. The fourth-order valence-corrected chi connectivity index (χ4v) is 0.316. The normalized spacial score (nSPS) is 9.67. The minimum atomic E-state index is 1.57. The van der Waals surface area contributed by atoms with E-state index in [2.05, 4.69) is 10.5 Å². The van der Waals surface area contributed by atoms with Gasteiger partial charge in [-0.05, 0) is 6.26 Å². The highest BCUT2D eigenvalue weighted by molar-refractivity contribution is 8.11. The van der Waals surface area contributed by atoms with E-state index in [1.54, 1.807) is 24.4 Å². The fourth-order valence-electron chi connectivity index (χ4n) is 0.105. The minimum Gasteiger partial charge on any atom is -0.313 e. The van der Waals surface area contributed by atoms with Gasteiger partial charge in [-0.1, -0.05) is 0 Å². The van der Waals surface area contributed by atoms with E-state index < -0.39 is 0 Å². The molecule has 0 bridgehead atoms. The number of hydrogen-bond donors (Lipinski definition) is 1. The Morgan fingerprint density at radius 3 is 2.67 bits per heavy atom. The van der Waals surface area contributed by atoms with Crippen LogP contribution in [0, 0.1) is 0 Å². The summed E-state index contributed by atoms with van der Waals surface area (Å²) in [5, 5.41) is 3.68. The summed E-state index contributed by atoms with van der Waals surface area (Å²) < 4.78 is 0. The molecule has 0 saturated heterocycles. The van der Waals surface area contributed by atoms with E-state index in [0.29, 0.717) is 0 Å². The van der Waals surface area contributed by atoms with Gasteiger partial charge in [-0.3, -0.25) is 0 Å². The van der Waals surface area contributed by atoms with E-state index in [1.165, 1.54) is 0 Å². The molecular formula is C3H8N2S. The summed E-state index contributed by atoms with van der Waals surface area (Å²) in [6, 6.07) is 0. The summed E-state index contributed by atoms with van der Waals surface area (Å²) in [6.07, 6.45) is 1.96. The molecule has 0 unspecified atom stereocenters. The predicted molar refractivity (Wildman–Crippen MR) is 31.1 cm³/mol. The predicted octanol–water partition coefficient (Wildman–Crippen LogP) is 0.512. The van der Waals surface area contributed by atoms with Crippen LogP contribution in [0.5, 0.6) is 0 Å². The highest BCUT2D eigenvalue weighted by Crippen LogP contribution is 1.78. The Morgan fingerprint density at radius 1 is 1.83 bits per heavy atom. The van der Waals surface area contributed by atoms with E-state index in [0.717, 1.165) is 0 Å². The Hall–Kier alpha value is -0.180. The number of rotatable bonds is 2. The van der Waals surface area contributed by atoms with Gasteiger partial charge in [0.1, 0.15) is 0 Å². The number of nitrogens with one attached hydrogen (secondary N) is 1. The van der Waals surface area contributed by atoms with Gasteiger partial charge in [0.2, 0.25) is 0 Å². The van der Waals surface area contributed by atoms with Crippen LogP contribution in [0.4, 0.5) is 0 Å². The first-order valence-electron chi connectivity index (χ1n) is 1.63. The number of hydrazone groups is 1. The largest absolute Gasteiger partial charge is 0.313 e. The van der Waals surface area contributed by atoms with Gasteiger partial charge < -0.3 is 5.43 Å². The maximum atomic E-state index is 3.68. The minimum absolute atomic E-state index is 1.57. The van der Waals surface area contributed by atoms with Gasteiger partial charge >= 0.3 is 0 Å². The van der Waals surface area contributed by atoms with Crippen LogP contribution in [0.1, 0.15) is 0 Å². The Labute approximate surface area is 42.0 Å². The van der Waals surface area contributed by atoms with Gasteiger partial charge in [0.05, 0.1) is 5.55 Å². The average molecular weight is 104 g/mol. The van der Waals surface area contributed by atoms with Gasteiger partial charge in [0.15, 0.2) is 0 Å². The molecule has 0 aliphatic heterocycles. The molecule has 0 aromatic rings. The summed E-state index contributed by atoms with van der Waals surface area (Å²) in [7, 11) is 1.77. The molecule has 36 valence electrons. The van der Waals surface area contributed by atoms with E-state index in [-0.39, 0.29) is 0 Å². The second kappa shape index (κ2) is 4.82. The quantitative estimate of drug-likeness (QED) is 0.313. The topological polar surface area (TPSA) is 24.4 Å². The zero-order valence-corrected chi connectivity index (χ0v) is 4.75. The molecular weight excluding hydrogens is 96.1 g/mol. The average Bonchev–Trinajstić information content (AvgIpc) is 1.61. The second-order valence-electron chi connectivity index (χ2n) is 0.694. The van der Waals surface area contributed by atoms with Crippen LogP contribution in [0.3, 0.4) is 0 Å². The third-order valence-corrected chi connectivity index (χ3v) is 0.603. The van der Waals surface area contributed by atoms with Crippen molar-refractivity contribution in [2.24, 2.45) is 5.10 Å². The number of nitrogens with zero attached hydrogens (tertiary/aromatic N) is 1. The van der Waals surface area contributed by atoms with Crippen molar-refractivity contribution in [1.82, 2.24) is 5.43 Å². The third-order valence-electron chi connectivity index (χ3n) is 0.287. The number of hydrogen-bond acceptors (Lipinski definition) is 3. The molecule has 0 aromatic carbocycles. The molecule has 0 radical (unpaired) electrons. The number of thioether (sulfide) groups is 1. The van der Waals surface area contributed by atoms with E-state index in [9.17, 15) is 0 Å². The lowest BCUT2D eigenvalue weighted by atomic mass is 11.5. The standard InChI is InChI=1S/C3H8N2S/c1-4-5-3-6-2/h3-4H,1-2H3/b5-3-. The van der Waals surface area contributed by atoms with Gasteiger partial charge in [-0.15, -0.1) is 11.8 Å². The summed E-state index contributed by atoms with van der Waals surface area (Å²) in [5.74, 6) is 0. The molecule has 0 rings (SSSR count). The molecule has 0 spiro atoms. The maximum Gasteiger partial charge on any atom is 0.0794 e. The van der Waals surface area contributed by atoms with Crippen LogP contribution in [0.2, 0.25) is 0 Å². The van der Waals surface area contributed by atoms with Crippen LogP contribution in [-0.4, -0.2) is 18.9 Å². The second-order valence-corrected chi connectivity index (χ2v) is 1.38. The van der Waals surface area contributed by atoms with Crippen molar-refractivity contribution >= 4 is 17.3 Å². The molecule has 0 aliphatic rings. The van der Waals surface area contributed by atoms with Crippen molar-refractivity contribution in [2.45, 2.75) is 0 Å². The third kappa shape index (κ3) is 3.82. The molecule has 3 heteroatoms. The molecule has 1 N–H and O–H groups in total. The fraction of sp³-hybridized carbons (Fsp3) is 0.667. The van der Waals surface area contributed by atoms with Crippen molar-refractivity contribution < 1.29 is 0 Å². The summed E-state index contributed by atoms with van der Waals surface area (Å²) in [4.78, 5) is 0. The van der Waals surface area contributed by atoms with Crippen LogP contribution in [0.25, 0.3) is 0 Å². The Morgan fingerprint density at radius 2 is 2.50 bits per heavy atom. The van der Waals surface area contributed by atoms with Crippen molar-refractivity contribution in [2.75, 3.05) is 13.3 Å². The lowest BCUT2D eigenvalue weighted by Gasteiger charge is -1.79. The SMILES string of the molecule is CN/N=C\SC. The van der Waals surface area contributed by atoms with Crippen LogP contribution < -0.4 is 5.43 Å². The zero-order valence-electron chi connectivity index (χ0n) is 3.93. The molecule has 0 amide bonds. The lowest BCUT2D eigenvalue weighted by molar-refractivity contribution is 0.911. The molecule has 0 heterocycles. The first kappa shape index (κ1) is 5.82. The van der Waals surface area contributed by atoms with Gasteiger partial charge in [-0.25, -0.2) is 0 Å². The van der Waals surface area contributed by atoms with Crippen molar-refractivity contribution in [3.63, 3.8) is 0 Å². The molecule has 0 saturated carbocycles. The van der Waals surface area contributed by atoms with Gasteiger partial charge in [-0.2, -0.15) is 5.10 Å². The Bertz CT molecular complexity index is 38.1. The van der Waals surface area contributed by atoms with E-state index in [1.807, 2.05) is 6.26 Å². The highest BCUT2D eigenvalue weighted by atomic mass is 32.2. The van der Waals surface area contributed by atoms with Gasteiger partial charge in [0.25, 0.3) is 0 Å². The van der Waals surface area contributed by atoms with Crippen molar-refractivity contribution in [3.8, 4) is 0 Å². The monoisotopic (exact) mass is 104 g/mol. The molecule has 6 heavy (non-hydrogen) atoms. The van der Waals surface area contributed by atoms with Crippen molar-refractivity contribution in [1.29, 1.82) is 0 Å². The van der Waals surface area contributed by atoms with E-state index >= 15 is 0 Å². The van der Waals surface area contributed by atoms with Crippen LogP contribution in [0.15, 0.2) is 5.10 Å². The first-order chi connectivity index (χ1) is 2.91.